The monoisotopic (exact) mass is 264 g/mol. The quantitative estimate of drug-likeness (QED) is 0.914. The molecule has 0 unspecified atom stereocenters. The maximum atomic E-state index is 13.6. The number of rotatable bonds is 4. The summed E-state index contributed by atoms with van der Waals surface area (Å²) >= 11 is 0. The lowest BCUT2D eigenvalue weighted by Gasteiger charge is -2.10. The summed E-state index contributed by atoms with van der Waals surface area (Å²) < 4.78 is 32.3. The Kier molecular flexibility index (Phi) is 4.12. The number of aliphatic hydroxyl groups is 1. The highest BCUT2D eigenvalue weighted by Crippen LogP contribution is 2.22. The molecule has 100 valence electrons. The van der Waals surface area contributed by atoms with Gasteiger partial charge in [-0.2, -0.15) is 0 Å². The van der Waals surface area contributed by atoms with Gasteiger partial charge in [-0.15, -0.1) is 0 Å². The van der Waals surface area contributed by atoms with Crippen LogP contribution in [-0.4, -0.2) is 5.11 Å². The van der Waals surface area contributed by atoms with Crippen LogP contribution in [0.4, 0.5) is 8.78 Å². The number of benzene rings is 2. The van der Waals surface area contributed by atoms with Crippen molar-refractivity contribution < 1.29 is 18.6 Å². The molecule has 0 aliphatic rings. The first-order chi connectivity index (χ1) is 9.08. The molecule has 2 aromatic rings. The molecular weight excluding hydrogens is 250 g/mol. The van der Waals surface area contributed by atoms with Gasteiger partial charge in [-0.3, -0.25) is 0 Å². The van der Waals surface area contributed by atoms with Crippen molar-refractivity contribution in [3.8, 4) is 5.75 Å². The van der Waals surface area contributed by atoms with Crippen LogP contribution < -0.4 is 4.74 Å². The number of hydrogen-bond acceptors (Lipinski definition) is 2. The molecule has 0 aromatic heterocycles. The molecule has 2 aromatic carbocycles. The van der Waals surface area contributed by atoms with Crippen molar-refractivity contribution >= 4 is 0 Å². The number of aliphatic hydroxyl groups excluding tert-OH is 1. The molecule has 0 saturated carbocycles. The minimum atomic E-state index is -0.874. The van der Waals surface area contributed by atoms with E-state index in [0.29, 0.717) is 11.3 Å². The van der Waals surface area contributed by atoms with E-state index in [1.165, 1.54) is 25.1 Å². The third kappa shape index (κ3) is 3.29. The Labute approximate surface area is 110 Å². The van der Waals surface area contributed by atoms with Crippen molar-refractivity contribution in [3.05, 3.63) is 65.2 Å². The lowest BCUT2D eigenvalue weighted by Crippen LogP contribution is -2.00. The van der Waals surface area contributed by atoms with Gasteiger partial charge in [0.25, 0.3) is 0 Å². The number of hydrogen-bond donors (Lipinski definition) is 1. The molecule has 0 fully saturated rings. The second kappa shape index (κ2) is 5.80. The van der Waals surface area contributed by atoms with E-state index in [4.69, 9.17) is 4.74 Å². The predicted molar refractivity (Wildman–Crippen MR) is 67.8 cm³/mol. The summed E-state index contributed by atoms with van der Waals surface area (Å²) in [5.41, 5.74) is 0.612. The zero-order chi connectivity index (χ0) is 13.8. The number of halogens is 2. The van der Waals surface area contributed by atoms with Gasteiger partial charge in [0, 0.05) is 17.2 Å². The summed E-state index contributed by atoms with van der Waals surface area (Å²) in [6.07, 6.45) is -0.874. The summed E-state index contributed by atoms with van der Waals surface area (Å²) in [7, 11) is 0. The maximum Gasteiger partial charge on any atom is 0.132 e. The van der Waals surface area contributed by atoms with Crippen LogP contribution in [0.2, 0.25) is 0 Å². The first-order valence-corrected chi connectivity index (χ1v) is 5.91. The molecule has 1 atom stereocenters. The molecule has 4 heteroatoms. The van der Waals surface area contributed by atoms with Gasteiger partial charge in [0.1, 0.15) is 24.0 Å². The van der Waals surface area contributed by atoms with Crippen molar-refractivity contribution in [1.82, 2.24) is 0 Å². The first-order valence-electron chi connectivity index (χ1n) is 5.91. The molecule has 0 saturated heterocycles. The normalized spacial score (nSPS) is 12.2. The Bertz CT molecular complexity index is 568. The fourth-order valence-corrected chi connectivity index (χ4v) is 1.71. The smallest absolute Gasteiger partial charge is 0.132 e. The van der Waals surface area contributed by atoms with Crippen LogP contribution in [0.25, 0.3) is 0 Å². The van der Waals surface area contributed by atoms with Crippen molar-refractivity contribution in [2.24, 2.45) is 0 Å². The predicted octanol–water partition coefficient (Wildman–Crippen LogP) is 3.60. The van der Waals surface area contributed by atoms with Crippen LogP contribution in [0.3, 0.4) is 0 Å². The maximum absolute atomic E-state index is 13.6. The third-order valence-corrected chi connectivity index (χ3v) is 2.77. The fourth-order valence-electron chi connectivity index (χ4n) is 1.71. The molecule has 0 amide bonds. The fraction of sp³-hybridized carbons (Fsp3) is 0.200. The Morgan fingerprint density at radius 3 is 2.47 bits per heavy atom. The van der Waals surface area contributed by atoms with Gasteiger partial charge in [-0.25, -0.2) is 8.78 Å². The van der Waals surface area contributed by atoms with Crippen molar-refractivity contribution in [2.75, 3.05) is 0 Å². The second-order valence-corrected chi connectivity index (χ2v) is 4.24. The highest BCUT2D eigenvalue weighted by molar-refractivity contribution is 5.30. The van der Waals surface area contributed by atoms with Crippen LogP contribution >= 0.6 is 0 Å². The lowest BCUT2D eigenvalue weighted by molar-refractivity contribution is 0.194. The summed E-state index contributed by atoms with van der Waals surface area (Å²) in [6.45, 7) is 1.51. The topological polar surface area (TPSA) is 29.5 Å². The Balaban J connectivity index is 2.08. The van der Waals surface area contributed by atoms with Crippen LogP contribution in [-0.2, 0) is 6.61 Å². The van der Waals surface area contributed by atoms with Gasteiger partial charge in [-0.1, -0.05) is 18.2 Å². The van der Waals surface area contributed by atoms with E-state index in [2.05, 4.69) is 0 Å². The van der Waals surface area contributed by atoms with E-state index in [0.717, 1.165) is 0 Å². The Hall–Kier alpha value is -1.94. The van der Waals surface area contributed by atoms with E-state index in [-0.39, 0.29) is 18.0 Å². The van der Waals surface area contributed by atoms with E-state index < -0.39 is 11.9 Å². The van der Waals surface area contributed by atoms with Gasteiger partial charge in [0.15, 0.2) is 0 Å². The molecule has 0 aliphatic carbocycles. The van der Waals surface area contributed by atoms with Gasteiger partial charge < -0.3 is 9.84 Å². The molecule has 2 nitrogen and oxygen atoms in total. The second-order valence-electron chi connectivity index (χ2n) is 4.24. The average molecular weight is 264 g/mol. The van der Waals surface area contributed by atoms with Crippen LogP contribution in [0.15, 0.2) is 42.5 Å². The van der Waals surface area contributed by atoms with Gasteiger partial charge in [-0.05, 0) is 25.1 Å². The SMILES string of the molecule is C[C@H](O)c1ccc(OCc2ccccc2F)cc1F. The van der Waals surface area contributed by atoms with E-state index in [1.54, 1.807) is 24.3 Å². The first kappa shape index (κ1) is 13.5. The Morgan fingerprint density at radius 2 is 1.84 bits per heavy atom. The molecule has 0 spiro atoms. The standard InChI is InChI=1S/C15H14F2O2/c1-10(18)13-7-6-12(8-15(13)17)19-9-11-4-2-3-5-14(11)16/h2-8,10,18H,9H2,1H3/t10-/m0/s1. The van der Waals surface area contributed by atoms with E-state index in [1.807, 2.05) is 0 Å². The van der Waals surface area contributed by atoms with Crippen LogP contribution in [0.5, 0.6) is 5.75 Å². The summed E-state index contributed by atoms with van der Waals surface area (Å²) in [6, 6.07) is 10.4. The van der Waals surface area contributed by atoms with E-state index in [9.17, 15) is 13.9 Å². The van der Waals surface area contributed by atoms with Gasteiger partial charge >= 0.3 is 0 Å². The molecule has 19 heavy (non-hydrogen) atoms. The van der Waals surface area contributed by atoms with Crippen molar-refractivity contribution in [1.29, 1.82) is 0 Å². The molecule has 0 bridgehead atoms. The molecule has 2 rings (SSSR count). The molecular formula is C15H14F2O2. The van der Waals surface area contributed by atoms with Crippen LogP contribution in [0.1, 0.15) is 24.2 Å². The minimum absolute atomic E-state index is 0.0279. The zero-order valence-corrected chi connectivity index (χ0v) is 10.4. The third-order valence-electron chi connectivity index (χ3n) is 2.77. The van der Waals surface area contributed by atoms with Crippen LogP contribution in [0, 0.1) is 11.6 Å². The van der Waals surface area contributed by atoms with Crippen molar-refractivity contribution in [3.63, 3.8) is 0 Å². The van der Waals surface area contributed by atoms with Gasteiger partial charge in [0.05, 0.1) is 6.10 Å². The minimum Gasteiger partial charge on any atom is -0.489 e. The highest BCUT2D eigenvalue weighted by Gasteiger charge is 2.09. The van der Waals surface area contributed by atoms with E-state index >= 15 is 0 Å². The summed E-state index contributed by atoms with van der Waals surface area (Å²) in [4.78, 5) is 0. The van der Waals surface area contributed by atoms with Crippen molar-refractivity contribution in [2.45, 2.75) is 19.6 Å². The average Bonchev–Trinajstić information content (AvgIpc) is 2.37. The summed E-state index contributed by atoms with van der Waals surface area (Å²) in [5, 5.41) is 9.31. The molecule has 0 radical (unpaired) electrons. The molecule has 0 heterocycles. The molecule has 0 aliphatic heterocycles. The Morgan fingerprint density at radius 1 is 1.11 bits per heavy atom. The summed E-state index contributed by atoms with van der Waals surface area (Å²) in [5.74, 6) is -0.602. The lowest BCUT2D eigenvalue weighted by atomic mass is 10.1. The molecule has 1 N–H and O–H groups in total. The number of ether oxygens (including phenoxy) is 1. The highest BCUT2D eigenvalue weighted by atomic mass is 19.1. The zero-order valence-electron chi connectivity index (χ0n) is 10.4. The van der Waals surface area contributed by atoms with Gasteiger partial charge in [0.2, 0.25) is 0 Å². The largest absolute Gasteiger partial charge is 0.489 e.